The van der Waals surface area contributed by atoms with E-state index in [1.165, 1.54) is 13.8 Å². The van der Waals surface area contributed by atoms with Gasteiger partial charge < -0.3 is 10.5 Å². The van der Waals surface area contributed by atoms with E-state index in [2.05, 4.69) is 14.0 Å². The molecule has 2 aliphatic heterocycles. The number of ether oxygens (including phenoxy) is 1. The van der Waals surface area contributed by atoms with Crippen LogP contribution in [0.5, 0.6) is 0 Å². The van der Waals surface area contributed by atoms with Crippen molar-refractivity contribution in [2.75, 3.05) is 12.3 Å². The number of phosphoric ester groups is 1. The zero-order valence-electron chi connectivity index (χ0n) is 14.4. The molecule has 0 bridgehead atoms. The van der Waals surface area contributed by atoms with Gasteiger partial charge in [0.2, 0.25) is 6.23 Å². The van der Waals surface area contributed by atoms with Crippen molar-refractivity contribution in [3.8, 4) is 0 Å². The molecule has 2 aliphatic rings. The summed E-state index contributed by atoms with van der Waals surface area (Å²) < 4.78 is 102. The highest BCUT2D eigenvalue weighted by atomic mass is 31.2. The maximum atomic E-state index is 15.0. The van der Waals surface area contributed by atoms with Crippen LogP contribution in [0.25, 0.3) is 0 Å². The number of halogens is 5. The lowest BCUT2D eigenvalue weighted by Gasteiger charge is -2.39. The zero-order chi connectivity index (χ0) is 21.1. The van der Waals surface area contributed by atoms with Crippen molar-refractivity contribution in [3.05, 3.63) is 22.5 Å². The minimum Gasteiger partial charge on any atom is -0.381 e. The quantitative estimate of drug-likeness (QED) is 0.565. The summed E-state index contributed by atoms with van der Waals surface area (Å²) in [6.45, 7) is 1.48. The van der Waals surface area contributed by atoms with Gasteiger partial charge in [-0.05, 0) is 13.8 Å². The fraction of sp³-hybridized carbons (Fsp3) is 0.692. The van der Waals surface area contributed by atoms with Crippen LogP contribution in [0.4, 0.5) is 27.8 Å². The third-order valence-corrected chi connectivity index (χ3v) is 5.63. The number of nitrogen functional groups attached to an aromatic ring is 1. The van der Waals surface area contributed by atoms with E-state index in [9.17, 15) is 31.3 Å². The second kappa shape index (κ2) is 6.73. The smallest absolute Gasteiger partial charge is 0.381 e. The van der Waals surface area contributed by atoms with Crippen molar-refractivity contribution in [1.29, 1.82) is 0 Å². The summed E-state index contributed by atoms with van der Waals surface area (Å²) in [5, 5.41) is 0. The van der Waals surface area contributed by atoms with Crippen molar-refractivity contribution >= 4 is 13.6 Å². The van der Waals surface area contributed by atoms with Crippen molar-refractivity contribution in [1.82, 2.24) is 9.55 Å². The Morgan fingerprint density at radius 1 is 1.43 bits per heavy atom. The van der Waals surface area contributed by atoms with Gasteiger partial charge in [-0.25, -0.2) is 22.5 Å². The summed E-state index contributed by atoms with van der Waals surface area (Å²) in [5.41, 5.74) is 0.508. The molecule has 2 N–H and O–H groups in total. The van der Waals surface area contributed by atoms with Gasteiger partial charge >= 0.3 is 19.4 Å². The van der Waals surface area contributed by atoms with Crippen LogP contribution in [-0.4, -0.2) is 46.3 Å². The third-order valence-electron chi connectivity index (χ3n) is 4.03. The van der Waals surface area contributed by atoms with Gasteiger partial charge in [0.05, 0.1) is 18.9 Å². The summed E-state index contributed by atoms with van der Waals surface area (Å²) in [5.74, 6) is -6.60. The van der Waals surface area contributed by atoms with Crippen LogP contribution in [-0.2, 0) is 22.9 Å². The first-order valence-electron chi connectivity index (χ1n) is 7.82. The molecule has 1 aromatic heterocycles. The molecule has 2 fully saturated rings. The molecule has 0 aromatic carbocycles. The second-order valence-corrected chi connectivity index (χ2v) is 8.00. The number of phosphoric acid groups is 1. The topological polar surface area (TPSA) is 115 Å². The molecule has 9 nitrogen and oxygen atoms in total. The molecule has 3 heterocycles. The Morgan fingerprint density at radius 2 is 2.07 bits per heavy atom. The zero-order valence-corrected chi connectivity index (χ0v) is 15.2. The van der Waals surface area contributed by atoms with Crippen LogP contribution in [0, 0.1) is 5.82 Å². The molecule has 2 saturated heterocycles. The minimum absolute atomic E-state index is 0.0360. The molecule has 1 aromatic rings. The standard InChI is InChI=1S/C13H15F5N3O6P/c1-5(2)26-28(23)24-4-12(9(15)16)8(27-28)13(17,18)10(25-12)21-3-6(14)7(19)20-11(21)22/h3,5,8-10H,4H2,1-2H3,(H2,19,20,22)/t8-,10?,12-,28?/m0/s1. The Labute approximate surface area is 154 Å². The summed E-state index contributed by atoms with van der Waals surface area (Å²) in [6, 6.07) is 0. The fourth-order valence-electron chi connectivity index (χ4n) is 2.82. The van der Waals surface area contributed by atoms with E-state index in [1.807, 2.05) is 0 Å². The second-order valence-electron chi connectivity index (χ2n) is 6.42. The van der Waals surface area contributed by atoms with Gasteiger partial charge in [0, 0.05) is 0 Å². The molecule has 0 radical (unpaired) electrons. The molecule has 4 atom stereocenters. The van der Waals surface area contributed by atoms with Crippen LogP contribution in [0.3, 0.4) is 0 Å². The Kier molecular flexibility index (Phi) is 5.08. The van der Waals surface area contributed by atoms with Gasteiger partial charge in [-0.1, -0.05) is 0 Å². The first-order valence-corrected chi connectivity index (χ1v) is 9.28. The number of nitrogens with zero attached hydrogens (tertiary/aromatic N) is 2. The molecule has 15 heteroatoms. The highest BCUT2D eigenvalue weighted by Crippen LogP contribution is 2.64. The van der Waals surface area contributed by atoms with Crippen molar-refractivity contribution in [3.63, 3.8) is 0 Å². The molecule has 0 amide bonds. The van der Waals surface area contributed by atoms with E-state index in [-0.39, 0.29) is 10.8 Å². The lowest BCUT2D eigenvalue weighted by Crippen LogP contribution is -2.57. The van der Waals surface area contributed by atoms with Gasteiger partial charge in [0.15, 0.2) is 23.3 Å². The highest BCUT2D eigenvalue weighted by molar-refractivity contribution is 7.48. The Hall–Kier alpha value is -1.60. The average molecular weight is 435 g/mol. The SMILES string of the molecule is CC(C)OP1(=O)OC[C@]2(C(F)F)OC(n3cc(F)c(N)nc3=O)C(F)(F)[C@H]2O1. The van der Waals surface area contributed by atoms with E-state index < -0.39 is 68.1 Å². The molecule has 3 rings (SSSR count). The number of aromatic nitrogens is 2. The van der Waals surface area contributed by atoms with Crippen LogP contribution in [0.1, 0.15) is 20.1 Å². The number of alkyl halides is 4. The van der Waals surface area contributed by atoms with Crippen molar-refractivity contribution in [2.45, 2.75) is 50.2 Å². The lowest BCUT2D eigenvalue weighted by atomic mass is 9.96. The van der Waals surface area contributed by atoms with Gasteiger partial charge in [-0.2, -0.15) is 13.8 Å². The average Bonchev–Trinajstić information content (AvgIpc) is 2.79. The summed E-state index contributed by atoms with van der Waals surface area (Å²) in [6.07, 6.45) is -9.75. The number of hydrogen-bond acceptors (Lipinski definition) is 8. The Morgan fingerprint density at radius 3 is 2.64 bits per heavy atom. The number of rotatable bonds is 4. The van der Waals surface area contributed by atoms with Gasteiger partial charge in [-0.15, -0.1) is 0 Å². The van der Waals surface area contributed by atoms with Crippen LogP contribution >= 0.6 is 7.82 Å². The van der Waals surface area contributed by atoms with E-state index in [1.54, 1.807) is 0 Å². The van der Waals surface area contributed by atoms with Crippen molar-refractivity contribution in [2.24, 2.45) is 0 Å². The maximum Gasteiger partial charge on any atom is 0.475 e. The number of hydrogen-bond donors (Lipinski definition) is 1. The molecular formula is C13H15F5N3O6P. The normalized spacial score (nSPS) is 34.8. The van der Waals surface area contributed by atoms with Gasteiger partial charge in [0.25, 0.3) is 6.43 Å². The minimum atomic E-state index is -4.64. The largest absolute Gasteiger partial charge is 0.475 e. The molecule has 28 heavy (non-hydrogen) atoms. The molecule has 0 aliphatic carbocycles. The molecule has 2 unspecified atom stereocenters. The molecule has 158 valence electrons. The van der Waals surface area contributed by atoms with Gasteiger partial charge in [0.1, 0.15) is 0 Å². The molecule has 0 spiro atoms. The summed E-state index contributed by atoms with van der Waals surface area (Å²) in [4.78, 5) is 14.9. The van der Waals surface area contributed by atoms with Crippen LogP contribution < -0.4 is 11.4 Å². The van der Waals surface area contributed by atoms with E-state index in [0.717, 1.165) is 0 Å². The number of fused-ring (bicyclic) bond motifs is 1. The van der Waals surface area contributed by atoms with E-state index in [0.29, 0.717) is 0 Å². The first kappa shape index (κ1) is 21.1. The van der Waals surface area contributed by atoms with Crippen molar-refractivity contribution < 1.29 is 44.8 Å². The maximum absolute atomic E-state index is 15.0. The highest BCUT2D eigenvalue weighted by Gasteiger charge is 2.75. The monoisotopic (exact) mass is 435 g/mol. The summed E-state index contributed by atoms with van der Waals surface area (Å²) in [7, 11) is -4.64. The fourth-order valence-corrected chi connectivity index (χ4v) is 4.45. The molecule has 0 saturated carbocycles. The first-order chi connectivity index (χ1) is 12.8. The summed E-state index contributed by atoms with van der Waals surface area (Å²) >= 11 is 0. The predicted molar refractivity (Wildman–Crippen MR) is 81.3 cm³/mol. The van der Waals surface area contributed by atoms with Crippen LogP contribution in [0.15, 0.2) is 11.0 Å². The third kappa shape index (κ3) is 3.22. The predicted octanol–water partition coefficient (Wildman–Crippen LogP) is 2.08. The van der Waals surface area contributed by atoms with Gasteiger partial charge in [-0.3, -0.25) is 18.1 Å². The number of nitrogens with two attached hydrogens (primary N) is 1. The molecular weight excluding hydrogens is 420 g/mol. The Bertz CT molecular complexity index is 883. The van der Waals surface area contributed by atoms with Crippen LogP contribution in [0.2, 0.25) is 0 Å². The van der Waals surface area contributed by atoms with E-state index in [4.69, 9.17) is 15.0 Å². The lowest BCUT2D eigenvalue weighted by molar-refractivity contribution is -0.209. The van der Waals surface area contributed by atoms with E-state index >= 15 is 0 Å². The Balaban J connectivity index is 2.08. The number of anilines is 1.